The van der Waals surface area contributed by atoms with Crippen LogP contribution in [0.15, 0.2) is 0 Å². The van der Waals surface area contributed by atoms with Crippen LogP contribution in [0.1, 0.15) is 40.0 Å². The van der Waals surface area contributed by atoms with Crippen molar-refractivity contribution >= 4 is 0 Å². The Hall–Kier alpha value is -0.590. The second kappa shape index (κ2) is 6.80. The molecule has 0 aromatic carbocycles. The summed E-state index contributed by atoms with van der Waals surface area (Å²) in [5.41, 5.74) is -0.0102. The van der Waals surface area contributed by atoms with Crippen molar-refractivity contribution in [2.24, 2.45) is 5.41 Å². The number of aliphatic hydroxyl groups excluding tert-OH is 1. The van der Waals surface area contributed by atoms with E-state index in [-0.39, 0.29) is 18.1 Å². The summed E-state index contributed by atoms with van der Waals surface area (Å²) in [5, 5.41) is 21.1. The number of nitrogens with zero attached hydrogens (tertiary/aromatic N) is 1. The van der Waals surface area contributed by atoms with Crippen molar-refractivity contribution in [1.29, 1.82) is 5.26 Å². The molecule has 0 aromatic rings. The largest absolute Gasteiger partial charge is 0.396 e. The summed E-state index contributed by atoms with van der Waals surface area (Å²) >= 11 is 0. The highest BCUT2D eigenvalue weighted by atomic mass is 16.3. The third kappa shape index (κ3) is 4.08. The Morgan fingerprint density at radius 1 is 1.43 bits per heavy atom. The molecule has 0 saturated heterocycles. The zero-order valence-electron chi connectivity index (χ0n) is 9.51. The van der Waals surface area contributed by atoms with Gasteiger partial charge in [0.2, 0.25) is 0 Å². The first-order valence-electron chi connectivity index (χ1n) is 5.35. The molecule has 1 unspecified atom stereocenters. The van der Waals surface area contributed by atoms with Gasteiger partial charge < -0.3 is 10.4 Å². The SMILES string of the molecule is CCC(CC)(CO)CNC(C)CC#N. The van der Waals surface area contributed by atoms with E-state index in [0.717, 1.165) is 19.4 Å². The molecule has 0 amide bonds. The molecule has 1 atom stereocenters. The van der Waals surface area contributed by atoms with E-state index in [1.807, 2.05) is 6.92 Å². The molecule has 0 rings (SSSR count). The van der Waals surface area contributed by atoms with Gasteiger partial charge in [0.05, 0.1) is 12.5 Å². The van der Waals surface area contributed by atoms with E-state index < -0.39 is 0 Å². The molecule has 0 bridgehead atoms. The van der Waals surface area contributed by atoms with Gasteiger partial charge in [0.15, 0.2) is 0 Å². The minimum Gasteiger partial charge on any atom is -0.396 e. The summed E-state index contributed by atoms with van der Waals surface area (Å²) < 4.78 is 0. The van der Waals surface area contributed by atoms with Crippen LogP contribution in [0.2, 0.25) is 0 Å². The molecule has 0 spiro atoms. The average Bonchev–Trinajstić information content (AvgIpc) is 2.21. The van der Waals surface area contributed by atoms with Gasteiger partial charge in [-0.25, -0.2) is 0 Å². The van der Waals surface area contributed by atoms with Crippen LogP contribution >= 0.6 is 0 Å². The van der Waals surface area contributed by atoms with E-state index >= 15 is 0 Å². The zero-order chi connectivity index (χ0) is 11.0. The van der Waals surface area contributed by atoms with Crippen molar-refractivity contribution in [3.8, 4) is 6.07 Å². The number of aliphatic hydroxyl groups is 1. The Morgan fingerprint density at radius 2 is 2.00 bits per heavy atom. The molecule has 0 aromatic heterocycles. The summed E-state index contributed by atoms with van der Waals surface area (Å²) in [5.74, 6) is 0. The van der Waals surface area contributed by atoms with Gasteiger partial charge in [0.1, 0.15) is 0 Å². The first kappa shape index (κ1) is 13.4. The van der Waals surface area contributed by atoms with Gasteiger partial charge in [-0.05, 0) is 19.8 Å². The lowest BCUT2D eigenvalue weighted by Crippen LogP contribution is -2.40. The Labute approximate surface area is 87.1 Å². The fourth-order valence-electron chi connectivity index (χ4n) is 1.38. The molecular weight excluding hydrogens is 176 g/mol. The van der Waals surface area contributed by atoms with Crippen LogP contribution in [0.3, 0.4) is 0 Å². The van der Waals surface area contributed by atoms with Crippen molar-refractivity contribution in [1.82, 2.24) is 5.32 Å². The van der Waals surface area contributed by atoms with Crippen LogP contribution in [0, 0.1) is 16.7 Å². The maximum absolute atomic E-state index is 9.31. The maximum Gasteiger partial charge on any atom is 0.0638 e. The summed E-state index contributed by atoms with van der Waals surface area (Å²) in [6.45, 7) is 7.19. The molecule has 0 aliphatic carbocycles. The van der Waals surface area contributed by atoms with E-state index in [1.54, 1.807) is 0 Å². The van der Waals surface area contributed by atoms with E-state index in [9.17, 15) is 5.11 Å². The summed E-state index contributed by atoms with van der Waals surface area (Å²) in [4.78, 5) is 0. The average molecular weight is 198 g/mol. The number of hydrogen-bond donors (Lipinski definition) is 2. The summed E-state index contributed by atoms with van der Waals surface area (Å²) in [6.07, 6.45) is 2.45. The standard InChI is InChI=1S/C11H22N2O/c1-4-11(5-2,9-14)8-13-10(3)6-7-12/h10,13-14H,4-6,8-9H2,1-3H3. The first-order chi connectivity index (χ1) is 6.64. The predicted octanol–water partition coefficient (Wildman–Crippen LogP) is 1.68. The molecule has 0 heterocycles. The number of nitriles is 1. The topological polar surface area (TPSA) is 56.0 Å². The second-order valence-corrected chi connectivity index (χ2v) is 4.01. The second-order valence-electron chi connectivity index (χ2n) is 4.01. The number of hydrogen-bond acceptors (Lipinski definition) is 3. The fourth-order valence-corrected chi connectivity index (χ4v) is 1.38. The Morgan fingerprint density at radius 3 is 2.36 bits per heavy atom. The Kier molecular flexibility index (Phi) is 6.52. The van der Waals surface area contributed by atoms with E-state index in [4.69, 9.17) is 5.26 Å². The van der Waals surface area contributed by atoms with Gasteiger partial charge >= 0.3 is 0 Å². The molecule has 2 N–H and O–H groups in total. The van der Waals surface area contributed by atoms with Crippen molar-refractivity contribution in [3.63, 3.8) is 0 Å². The molecule has 3 nitrogen and oxygen atoms in total. The van der Waals surface area contributed by atoms with Crippen LogP contribution in [-0.4, -0.2) is 24.3 Å². The first-order valence-corrected chi connectivity index (χ1v) is 5.35. The zero-order valence-corrected chi connectivity index (χ0v) is 9.51. The van der Waals surface area contributed by atoms with Gasteiger partial charge in [0.25, 0.3) is 0 Å². The predicted molar refractivity (Wildman–Crippen MR) is 57.8 cm³/mol. The van der Waals surface area contributed by atoms with Crippen molar-refractivity contribution < 1.29 is 5.11 Å². The minimum atomic E-state index is -0.0102. The number of nitrogens with one attached hydrogen (secondary N) is 1. The Bertz CT molecular complexity index is 174. The number of rotatable bonds is 7. The maximum atomic E-state index is 9.31. The molecule has 0 aliphatic rings. The molecule has 14 heavy (non-hydrogen) atoms. The highest BCUT2D eigenvalue weighted by Gasteiger charge is 2.25. The van der Waals surface area contributed by atoms with Gasteiger partial charge in [0, 0.05) is 24.6 Å². The lowest BCUT2D eigenvalue weighted by Gasteiger charge is -2.30. The molecule has 0 radical (unpaired) electrons. The monoisotopic (exact) mass is 198 g/mol. The smallest absolute Gasteiger partial charge is 0.0638 e. The van der Waals surface area contributed by atoms with Gasteiger partial charge in [-0.2, -0.15) is 5.26 Å². The molecule has 82 valence electrons. The quantitative estimate of drug-likeness (QED) is 0.654. The minimum absolute atomic E-state index is 0.0102. The normalized spacial score (nSPS) is 13.6. The third-order valence-corrected chi connectivity index (χ3v) is 3.06. The van der Waals surface area contributed by atoms with Crippen LogP contribution in [0.4, 0.5) is 0 Å². The Balaban J connectivity index is 4.00. The highest BCUT2D eigenvalue weighted by Crippen LogP contribution is 2.24. The van der Waals surface area contributed by atoms with Crippen LogP contribution in [0.25, 0.3) is 0 Å². The van der Waals surface area contributed by atoms with E-state index in [0.29, 0.717) is 6.42 Å². The van der Waals surface area contributed by atoms with Crippen LogP contribution in [0.5, 0.6) is 0 Å². The van der Waals surface area contributed by atoms with Gasteiger partial charge in [-0.15, -0.1) is 0 Å². The summed E-state index contributed by atoms with van der Waals surface area (Å²) in [7, 11) is 0. The molecule has 0 saturated carbocycles. The molecule has 0 aliphatic heterocycles. The van der Waals surface area contributed by atoms with E-state index in [1.165, 1.54) is 0 Å². The third-order valence-electron chi connectivity index (χ3n) is 3.06. The molecule has 3 heteroatoms. The van der Waals surface area contributed by atoms with Crippen LogP contribution < -0.4 is 5.32 Å². The van der Waals surface area contributed by atoms with Crippen molar-refractivity contribution in [3.05, 3.63) is 0 Å². The molecular formula is C11H22N2O. The van der Waals surface area contributed by atoms with E-state index in [2.05, 4.69) is 25.2 Å². The lowest BCUT2D eigenvalue weighted by molar-refractivity contribution is 0.110. The van der Waals surface area contributed by atoms with Crippen molar-refractivity contribution in [2.75, 3.05) is 13.2 Å². The lowest BCUT2D eigenvalue weighted by atomic mass is 9.83. The molecule has 0 fully saturated rings. The van der Waals surface area contributed by atoms with Crippen molar-refractivity contribution in [2.45, 2.75) is 46.1 Å². The highest BCUT2D eigenvalue weighted by molar-refractivity contribution is 4.83. The van der Waals surface area contributed by atoms with Crippen LogP contribution in [-0.2, 0) is 0 Å². The fraction of sp³-hybridized carbons (Fsp3) is 0.909. The van der Waals surface area contributed by atoms with Gasteiger partial charge in [-0.1, -0.05) is 13.8 Å². The van der Waals surface area contributed by atoms with Gasteiger partial charge in [-0.3, -0.25) is 0 Å². The summed E-state index contributed by atoms with van der Waals surface area (Å²) in [6, 6.07) is 2.34.